The monoisotopic (exact) mass is 502 g/mol. The average molecular weight is 503 g/mol. The number of methoxy groups -OCH3 is 2. The Labute approximate surface area is 215 Å². The van der Waals surface area contributed by atoms with Crippen LogP contribution in [0.1, 0.15) is 29.1 Å². The van der Waals surface area contributed by atoms with Crippen LogP contribution >= 0.6 is 0 Å². The molecule has 1 aromatic carbocycles. The zero-order chi connectivity index (χ0) is 26.0. The highest BCUT2D eigenvalue weighted by molar-refractivity contribution is 5.92. The van der Waals surface area contributed by atoms with Crippen LogP contribution in [0.5, 0.6) is 11.5 Å². The zero-order valence-corrected chi connectivity index (χ0v) is 21.2. The highest BCUT2D eigenvalue weighted by Gasteiger charge is 2.40. The van der Waals surface area contributed by atoms with Crippen LogP contribution in [-0.2, 0) is 5.41 Å². The van der Waals surface area contributed by atoms with Gasteiger partial charge in [0.1, 0.15) is 5.82 Å². The van der Waals surface area contributed by atoms with Crippen molar-refractivity contribution >= 4 is 28.6 Å². The number of aromatic nitrogens is 3. The molecule has 0 spiro atoms. The van der Waals surface area contributed by atoms with Gasteiger partial charge in [-0.15, -0.1) is 0 Å². The molecule has 192 valence electrons. The Balaban J connectivity index is 1.44. The number of anilines is 2. The smallest absolute Gasteiger partial charge is 0.289 e. The summed E-state index contributed by atoms with van der Waals surface area (Å²) in [6, 6.07) is 13.0. The van der Waals surface area contributed by atoms with Gasteiger partial charge in [-0.05, 0) is 43.2 Å². The second kappa shape index (κ2) is 9.96. The van der Waals surface area contributed by atoms with Crippen molar-refractivity contribution in [3.05, 3.63) is 66.4 Å². The van der Waals surface area contributed by atoms with Crippen LogP contribution in [0.25, 0.3) is 10.9 Å². The molecular weight excluding hydrogens is 472 g/mol. The number of likely N-dealkylation sites (N-methyl/N-ethyl adjacent to an activating group) is 1. The summed E-state index contributed by atoms with van der Waals surface area (Å²) in [6.07, 6.45) is 4.79. The van der Waals surface area contributed by atoms with E-state index in [9.17, 15) is 4.79 Å². The second-order valence-electron chi connectivity index (χ2n) is 9.25. The standard InChI is InChI=1S/C27H30N6O4/c1-32(26-30-19-16-22(36-3)21(35-2)15-18(19)24(28)31-26)17-27(23-8-4-5-11-29-23)9-12-33(13-10-27)25(34)20-7-6-14-37-20/h4-8,11,14-16H,9-10,12-13,17H2,1-3H3,(H2,28,30,31). The molecule has 0 aliphatic carbocycles. The van der Waals surface area contributed by atoms with Gasteiger partial charge in [0.2, 0.25) is 5.95 Å². The second-order valence-corrected chi connectivity index (χ2v) is 9.25. The fraction of sp³-hybridized carbons (Fsp3) is 0.333. The van der Waals surface area contributed by atoms with Crippen LogP contribution in [0.4, 0.5) is 11.8 Å². The molecule has 0 atom stereocenters. The molecule has 1 amide bonds. The third kappa shape index (κ3) is 4.62. The quantitative estimate of drug-likeness (QED) is 0.405. The first-order chi connectivity index (χ1) is 17.9. The Morgan fingerprint density at radius 2 is 1.86 bits per heavy atom. The molecule has 5 rings (SSSR count). The molecule has 37 heavy (non-hydrogen) atoms. The number of furan rings is 1. The van der Waals surface area contributed by atoms with Crippen molar-refractivity contribution in [1.29, 1.82) is 0 Å². The van der Waals surface area contributed by atoms with Crippen molar-refractivity contribution in [3.8, 4) is 11.5 Å². The minimum absolute atomic E-state index is 0.0945. The molecule has 0 saturated carbocycles. The van der Waals surface area contributed by atoms with Crippen molar-refractivity contribution in [1.82, 2.24) is 19.9 Å². The zero-order valence-electron chi connectivity index (χ0n) is 21.2. The Hall–Kier alpha value is -4.34. The van der Waals surface area contributed by atoms with Crippen LogP contribution < -0.4 is 20.1 Å². The summed E-state index contributed by atoms with van der Waals surface area (Å²) in [4.78, 5) is 30.8. The minimum atomic E-state index is -0.305. The first-order valence-corrected chi connectivity index (χ1v) is 12.1. The molecule has 10 heteroatoms. The summed E-state index contributed by atoms with van der Waals surface area (Å²) in [6.45, 7) is 1.77. The SMILES string of the molecule is COc1cc2nc(N(C)CC3(c4ccccn4)CCN(C(=O)c4ccco4)CC3)nc(N)c2cc1OC. The molecule has 1 saturated heterocycles. The number of hydrogen-bond donors (Lipinski definition) is 1. The molecule has 1 aliphatic heterocycles. The van der Waals surface area contributed by atoms with Crippen molar-refractivity contribution in [2.75, 3.05) is 51.5 Å². The normalized spacial score (nSPS) is 14.9. The third-order valence-corrected chi connectivity index (χ3v) is 7.05. The van der Waals surface area contributed by atoms with Gasteiger partial charge >= 0.3 is 0 Å². The maximum Gasteiger partial charge on any atom is 0.289 e. The van der Waals surface area contributed by atoms with Gasteiger partial charge in [-0.3, -0.25) is 9.78 Å². The van der Waals surface area contributed by atoms with E-state index >= 15 is 0 Å². The number of likely N-dealkylation sites (tertiary alicyclic amines) is 1. The van der Waals surface area contributed by atoms with E-state index < -0.39 is 0 Å². The van der Waals surface area contributed by atoms with Crippen molar-refractivity contribution in [3.63, 3.8) is 0 Å². The van der Waals surface area contributed by atoms with Crippen molar-refractivity contribution in [2.24, 2.45) is 0 Å². The number of amides is 1. The summed E-state index contributed by atoms with van der Waals surface area (Å²) in [5.41, 5.74) is 7.68. The Bertz CT molecular complexity index is 1390. The van der Waals surface area contributed by atoms with Crippen LogP contribution in [0.3, 0.4) is 0 Å². The number of benzene rings is 1. The van der Waals surface area contributed by atoms with E-state index in [0.717, 1.165) is 18.5 Å². The number of carbonyl (C=O) groups excluding carboxylic acids is 1. The topological polar surface area (TPSA) is 120 Å². The van der Waals surface area contributed by atoms with E-state index in [1.54, 1.807) is 38.5 Å². The lowest BCUT2D eigenvalue weighted by molar-refractivity contribution is 0.0635. The number of carbonyl (C=O) groups is 1. The number of rotatable bonds is 7. The molecule has 3 aromatic heterocycles. The molecule has 0 bridgehead atoms. The van der Waals surface area contributed by atoms with Gasteiger partial charge in [-0.1, -0.05) is 6.07 Å². The van der Waals surface area contributed by atoms with Crippen LogP contribution in [0, 0.1) is 0 Å². The Morgan fingerprint density at radius 1 is 1.11 bits per heavy atom. The molecule has 2 N–H and O–H groups in total. The van der Waals surface area contributed by atoms with E-state index in [1.807, 2.05) is 41.2 Å². The van der Waals surface area contributed by atoms with E-state index in [4.69, 9.17) is 29.6 Å². The number of nitrogens with two attached hydrogens (primary N) is 1. The van der Waals surface area contributed by atoms with Gasteiger partial charge < -0.3 is 29.4 Å². The fourth-order valence-electron chi connectivity index (χ4n) is 5.03. The predicted molar refractivity (Wildman–Crippen MR) is 140 cm³/mol. The fourth-order valence-corrected chi connectivity index (χ4v) is 5.03. The van der Waals surface area contributed by atoms with E-state index in [-0.39, 0.29) is 11.3 Å². The van der Waals surface area contributed by atoms with Gasteiger partial charge in [-0.25, -0.2) is 4.98 Å². The first-order valence-electron chi connectivity index (χ1n) is 12.1. The predicted octanol–water partition coefficient (Wildman–Crippen LogP) is 3.53. The summed E-state index contributed by atoms with van der Waals surface area (Å²) in [5.74, 6) is 2.26. The Morgan fingerprint density at radius 3 is 2.51 bits per heavy atom. The van der Waals surface area contributed by atoms with Gasteiger partial charge in [-0.2, -0.15) is 4.98 Å². The van der Waals surface area contributed by atoms with Crippen molar-refractivity contribution < 1.29 is 18.7 Å². The van der Waals surface area contributed by atoms with Gasteiger partial charge in [0.25, 0.3) is 5.91 Å². The largest absolute Gasteiger partial charge is 0.493 e. The number of hydrogen-bond acceptors (Lipinski definition) is 9. The lowest BCUT2D eigenvalue weighted by atomic mass is 9.74. The molecule has 0 radical (unpaired) electrons. The molecule has 4 heterocycles. The average Bonchev–Trinajstić information content (AvgIpc) is 3.48. The molecular formula is C27H30N6O4. The van der Waals surface area contributed by atoms with E-state index in [0.29, 0.717) is 59.6 Å². The first kappa shape index (κ1) is 24.4. The number of piperidine rings is 1. The Kier molecular flexibility index (Phi) is 6.56. The van der Waals surface area contributed by atoms with Crippen molar-refractivity contribution in [2.45, 2.75) is 18.3 Å². The van der Waals surface area contributed by atoms with Gasteiger partial charge in [0.15, 0.2) is 17.3 Å². The molecule has 4 aromatic rings. The van der Waals surface area contributed by atoms with E-state index in [2.05, 4.69) is 4.98 Å². The lowest BCUT2D eigenvalue weighted by Crippen LogP contribution is -2.50. The van der Waals surface area contributed by atoms with E-state index in [1.165, 1.54) is 6.26 Å². The molecule has 0 unspecified atom stereocenters. The number of nitrogens with zero attached hydrogens (tertiary/aromatic N) is 5. The highest BCUT2D eigenvalue weighted by atomic mass is 16.5. The number of ether oxygens (including phenoxy) is 2. The summed E-state index contributed by atoms with van der Waals surface area (Å²) in [7, 11) is 5.11. The molecule has 10 nitrogen and oxygen atoms in total. The molecule has 1 fully saturated rings. The number of fused-ring (bicyclic) bond motifs is 1. The maximum absolute atomic E-state index is 12.9. The maximum atomic E-state index is 12.9. The molecule has 1 aliphatic rings. The van der Waals surface area contributed by atoms with Gasteiger partial charge in [0.05, 0.1) is 26.0 Å². The van der Waals surface area contributed by atoms with Crippen LogP contribution in [0.2, 0.25) is 0 Å². The summed E-state index contributed by atoms with van der Waals surface area (Å²) >= 11 is 0. The van der Waals surface area contributed by atoms with Crippen LogP contribution in [0.15, 0.2) is 59.3 Å². The minimum Gasteiger partial charge on any atom is -0.493 e. The van der Waals surface area contributed by atoms with Gasteiger partial charge in [0, 0.05) is 55.4 Å². The number of pyridine rings is 1. The number of nitrogen functional groups attached to an aromatic ring is 1. The third-order valence-electron chi connectivity index (χ3n) is 7.05. The lowest BCUT2D eigenvalue weighted by Gasteiger charge is -2.43. The summed E-state index contributed by atoms with van der Waals surface area (Å²) in [5, 5.41) is 0.694. The summed E-state index contributed by atoms with van der Waals surface area (Å²) < 4.78 is 16.2. The van der Waals surface area contributed by atoms with Crippen LogP contribution in [-0.4, -0.2) is 66.7 Å². The highest BCUT2D eigenvalue weighted by Crippen LogP contribution is 2.38.